The molecular formula is C25H27ClN4O2. The van der Waals surface area contributed by atoms with Crippen molar-refractivity contribution in [2.45, 2.75) is 32.7 Å². The van der Waals surface area contributed by atoms with Crippen LogP contribution in [0.25, 0.3) is 21.8 Å². The lowest BCUT2D eigenvalue weighted by Crippen LogP contribution is -2.26. The molecule has 0 aliphatic rings. The van der Waals surface area contributed by atoms with E-state index in [9.17, 15) is 9.90 Å². The molecular weight excluding hydrogens is 424 g/mol. The van der Waals surface area contributed by atoms with Gasteiger partial charge >= 0.3 is 0 Å². The maximum absolute atomic E-state index is 12.2. The van der Waals surface area contributed by atoms with Crippen LogP contribution in [0.4, 0.5) is 0 Å². The lowest BCUT2D eigenvalue weighted by molar-refractivity contribution is -0.121. The molecule has 2 aromatic carbocycles. The third kappa shape index (κ3) is 4.87. The molecule has 4 N–H and O–H groups in total. The van der Waals surface area contributed by atoms with E-state index < -0.39 is 0 Å². The number of nitrogens with zero attached hydrogens (tertiary/aromatic N) is 1. The highest BCUT2D eigenvalue weighted by Gasteiger charge is 2.11. The third-order valence-electron chi connectivity index (χ3n) is 5.69. The van der Waals surface area contributed by atoms with E-state index in [1.807, 2.05) is 18.2 Å². The van der Waals surface area contributed by atoms with Crippen LogP contribution in [-0.2, 0) is 17.8 Å². The molecule has 0 spiro atoms. The first-order valence-electron chi connectivity index (χ1n) is 10.8. The summed E-state index contributed by atoms with van der Waals surface area (Å²) in [5, 5.41) is 19.2. The number of phenols is 1. The van der Waals surface area contributed by atoms with Gasteiger partial charge in [0.1, 0.15) is 11.3 Å². The molecule has 4 aromatic rings. The van der Waals surface area contributed by atoms with Crippen molar-refractivity contribution in [2.24, 2.45) is 0 Å². The van der Waals surface area contributed by atoms with Crippen LogP contribution in [0.1, 0.15) is 29.7 Å². The highest BCUT2D eigenvalue weighted by atomic mass is 35.5. The molecule has 1 amide bonds. The smallest absolute Gasteiger partial charge is 0.220 e. The number of pyridine rings is 1. The topological polar surface area (TPSA) is 90.0 Å². The number of carbonyl (C=O) groups is 1. The van der Waals surface area contributed by atoms with Crippen LogP contribution in [0, 0.1) is 6.92 Å². The maximum atomic E-state index is 12.2. The van der Waals surface area contributed by atoms with Gasteiger partial charge in [-0.1, -0.05) is 29.8 Å². The summed E-state index contributed by atoms with van der Waals surface area (Å²) >= 11 is 6.31. The van der Waals surface area contributed by atoms with E-state index in [-0.39, 0.29) is 11.7 Å². The molecule has 0 aliphatic carbocycles. The number of benzene rings is 2. The number of hydrogen-bond acceptors (Lipinski definition) is 4. The summed E-state index contributed by atoms with van der Waals surface area (Å²) in [5.41, 5.74) is 4.73. The van der Waals surface area contributed by atoms with Crippen molar-refractivity contribution in [3.8, 4) is 5.75 Å². The van der Waals surface area contributed by atoms with E-state index in [1.165, 1.54) is 10.9 Å². The molecule has 0 saturated heterocycles. The summed E-state index contributed by atoms with van der Waals surface area (Å²) in [7, 11) is 0. The molecule has 0 unspecified atom stereocenters. The fourth-order valence-corrected chi connectivity index (χ4v) is 4.33. The van der Waals surface area contributed by atoms with E-state index in [0.717, 1.165) is 23.0 Å². The number of rotatable bonds is 9. The van der Waals surface area contributed by atoms with Gasteiger partial charge in [-0.05, 0) is 56.1 Å². The molecule has 0 fully saturated rings. The van der Waals surface area contributed by atoms with E-state index in [4.69, 9.17) is 11.6 Å². The monoisotopic (exact) mass is 450 g/mol. The molecule has 0 bridgehead atoms. The quantitative estimate of drug-likeness (QED) is 0.280. The van der Waals surface area contributed by atoms with Crippen LogP contribution in [0.5, 0.6) is 5.75 Å². The number of halogens is 1. The van der Waals surface area contributed by atoms with Crippen molar-refractivity contribution >= 4 is 39.3 Å². The Morgan fingerprint density at radius 1 is 1.16 bits per heavy atom. The van der Waals surface area contributed by atoms with Crippen molar-refractivity contribution in [2.75, 3.05) is 13.1 Å². The number of aryl methyl sites for hydroxylation is 1. The standard InChI is InChI=1S/C25H27ClN4O2/c1-16-18(19-6-2-3-8-22(19)30-16)10-13-28-23(31)9-5-11-27-15-17-14-21(26)20-7-4-12-29-24(20)25(17)32/h2-4,6-8,12,14,27,30,32H,5,9-11,13,15H2,1H3,(H,28,31). The Hall–Kier alpha value is -3.09. The zero-order valence-corrected chi connectivity index (χ0v) is 18.8. The van der Waals surface area contributed by atoms with Crippen molar-refractivity contribution < 1.29 is 9.90 Å². The van der Waals surface area contributed by atoms with Crippen molar-refractivity contribution in [1.29, 1.82) is 0 Å². The molecule has 2 heterocycles. The second kappa shape index (κ2) is 10.0. The predicted octanol–water partition coefficient (Wildman–Crippen LogP) is 4.61. The Kier molecular flexibility index (Phi) is 6.93. The number of H-pyrrole nitrogens is 1. The normalized spacial score (nSPS) is 11.3. The number of nitrogens with one attached hydrogen (secondary N) is 3. The molecule has 166 valence electrons. The van der Waals surface area contributed by atoms with Gasteiger partial charge in [0.15, 0.2) is 0 Å². The molecule has 2 aromatic heterocycles. The molecule has 0 aliphatic heterocycles. The van der Waals surface area contributed by atoms with Gasteiger partial charge < -0.3 is 20.7 Å². The minimum absolute atomic E-state index is 0.0464. The molecule has 7 heteroatoms. The van der Waals surface area contributed by atoms with Gasteiger partial charge in [0.25, 0.3) is 0 Å². The molecule has 0 saturated carbocycles. The van der Waals surface area contributed by atoms with Gasteiger partial charge in [-0.25, -0.2) is 0 Å². The summed E-state index contributed by atoms with van der Waals surface area (Å²) < 4.78 is 0. The van der Waals surface area contributed by atoms with E-state index in [2.05, 4.69) is 39.7 Å². The Morgan fingerprint density at radius 2 is 1.97 bits per heavy atom. The number of hydrogen-bond donors (Lipinski definition) is 4. The summed E-state index contributed by atoms with van der Waals surface area (Å²) in [6.45, 7) is 3.80. The summed E-state index contributed by atoms with van der Waals surface area (Å²) in [4.78, 5) is 19.8. The van der Waals surface area contributed by atoms with Crippen LogP contribution in [0.3, 0.4) is 0 Å². The average molecular weight is 451 g/mol. The van der Waals surface area contributed by atoms with Crippen LogP contribution in [-0.4, -0.2) is 34.1 Å². The van der Waals surface area contributed by atoms with Crippen molar-refractivity contribution in [1.82, 2.24) is 20.6 Å². The van der Waals surface area contributed by atoms with Gasteiger partial charge in [0.05, 0.1) is 5.02 Å². The van der Waals surface area contributed by atoms with Crippen molar-refractivity contribution in [3.05, 3.63) is 70.5 Å². The third-order valence-corrected chi connectivity index (χ3v) is 6.00. The number of fused-ring (bicyclic) bond motifs is 2. The summed E-state index contributed by atoms with van der Waals surface area (Å²) in [5.74, 6) is 0.188. The zero-order valence-electron chi connectivity index (χ0n) is 18.0. The minimum Gasteiger partial charge on any atom is -0.505 e. The Morgan fingerprint density at radius 3 is 2.84 bits per heavy atom. The summed E-state index contributed by atoms with van der Waals surface area (Å²) in [6, 6.07) is 13.6. The minimum atomic E-state index is 0.0464. The summed E-state index contributed by atoms with van der Waals surface area (Å²) in [6.07, 6.45) is 3.59. The second-order valence-corrected chi connectivity index (χ2v) is 8.33. The highest BCUT2D eigenvalue weighted by Crippen LogP contribution is 2.32. The first-order chi connectivity index (χ1) is 15.5. The maximum Gasteiger partial charge on any atom is 0.220 e. The fourth-order valence-electron chi connectivity index (χ4n) is 4.04. The van der Waals surface area contributed by atoms with Gasteiger partial charge in [0, 0.05) is 53.3 Å². The van der Waals surface area contributed by atoms with Gasteiger partial charge in [-0.3, -0.25) is 9.78 Å². The lowest BCUT2D eigenvalue weighted by Gasteiger charge is -2.10. The fraction of sp³-hybridized carbons (Fsp3) is 0.280. The van der Waals surface area contributed by atoms with Crippen molar-refractivity contribution in [3.63, 3.8) is 0 Å². The molecule has 6 nitrogen and oxygen atoms in total. The average Bonchev–Trinajstić information content (AvgIpc) is 3.12. The highest BCUT2D eigenvalue weighted by molar-refractivity contribution is 6.35. The van der Waals surface area contributed by atoms with Crippen LogP contribution >= 0.6 is 11.6 Å². The first kappa shape index (κ1) is 22.1. The van der Waals surface area contributed by atoms with Crippen LogP contribution in [0.2, 0.25) is 5.02 Å². The Bertz CT molecular complexity index is 1250. The molecule has 32 heavy (non-hydrogen) atoms. The van der Waals surface area contributed by atoms with E-state index in [0.29, 0.717) is 48.6 Å². The Labute approximate surface area is 192 Å². The van der Waals surface area contributed by atoms with E-state index in [1.54, 1.807) is 18.3 Å². The predicted molar refractivity (Wildman–Crippen MR) is 129 cm³/mol. The Balaban J connectivity index is 1.19. The second-order valence-electron chi connectivity index (χ2n) is 7.92. The molecule has 4 rings (SSSR count). The number of aromatic hydroxyl groups is 1. The molecule has 0 radical (unpaired) electrons. The first-order valence-corrected chi connectivity index (χ1v) is 11.2. The lowest BCUT2D eigenvalue weighted by atomic mass is 10.1. The number of aromatic nitrogens is 2. The number of para-hydroxylation sites is 1. The van der Waals surface area contributed by atoms with Gasteiger partial charge in [-0.2, -0.15) is 0 Å². The van der Waals surface area contributed by atoms with Gasteiger partial charge in [-0.15, -0.1) is 0 Å². The number of aromatic amines is 1. The number of phenolic OH excluding ortho intramolecular Hbond substituents is 1. The largest absolute Gasteiger partial charge is 0.505 e. The number of amides is 1. The van der Waals surface area contributed by atoms with Gasteiger partial charge in [0.2, 0.25) is 5.91 Å². The zero-order chi connectivity index (χ0) is 22.5. The SMILES string of the molecule is Cc1[nH]c2ccccc2c1CCNC(=O)CCCNCc1cc(Cl)c2cccnc2c1O. The van der Waals surface area contributed by atoms with E-state index >= 15 is 0 Å². The van der Waals surface area contributed by atoms with Crippen LogP contribution in [0.15, 0.2) is 48.7 Å². The number of carbonyl (C=O) groups excluding carboxylic acids is 1. The molecule has 0 atom stereocenters. The van der Waals surface area contributed by atoms with Crippen LogP contribution < -0.4 is 10.6 Å².